The Balaban J connectivity index is 1.66. The van der Waals surface area contributed by atoms with Gasteiger partial charge in [0.2, 0.25) is 11.8 Å². The third-order valence-corrected chi connectivity index (χ3v) is 2.74. The Morgan fingerprint density at radius 1 is 1.53 bits per heavy atom. The molecule has 2 amide bonds. The maximum Gasteiger partial charge on any atom is 0.239 e. The van der Waals surface area contributed by atoms with Crippen molar-refractivity contribution in [2.45, 2.75) is 25.3 Å². The van der Waals surface area contributed by atoms with E-state index < -0.39 is 0 Å². The van der Waals surface area contributed by atoms with Crippen LogP contribution < -0.4 is 10.6 Å². The lowest BCUT2D eigenvalue weighted by Gasteiger charge is -2.26. The van der Waals surface area contributed by atoms with Gasteiger partial charge in [-0.15, -0.1) is 0 Å². The molecule has 2 rings (SSSR count). The minimum absolute atomic E-state index is 0.0512. The van der Waals surface area contributed by atoms with E-state index in [1.54, 1.807) is 4.90 Å². The first kappa shape index (κ1) is 10.4. The van der Waals surface area contributed by atoms with Gasteiger partial charge in [0.05, 0.1) is 6.54 Å². The van der Waals surface area contributed by atoms with Gasteiger partial charge in [0, 0.05) is 32.1 Å². The zero-order valence-corrected chi connectivity index (χ0v) is 8.79. The van der Waals surface area contributed by atoms with Gasteiger partial charge in [-0.3, -0.25) is 9.59 Å². The molecule has 0 radical (unpaired) electrons. The fourth-order valence-electron chi connectivity index (χ4n) is 1.68. The van der Waals surface area contributed by atoms with Crippen molar-refractivity contribution in [2.24, 2.45) is 0 Å². The van der Waals surface area contributed by atoms with Crippen molar-refractivity contribution in [3.05, 3.63) is 0 Å². The van der Waals surface area contributed by atoms with Crippen molar-refractivity contribution in [1.82, 2.24) is 15.5 Å². The average Bonchev–Trinajstić information content (AvgIpc) is 3.01. The third kappa shape index (κ3) is 3.20. The van der Waals surface area contributed by atoms with Gasteiger partial charge >= 0.3 is 0 Å². The first-order valence-electron chi connectivity index (χ1n) is 5.53. The zero-order chi connectivity index (χ0) is 10.7. The lowest BCUT2D eigenvalue weighted by molar-refractivity contribution is -0.138. The molecule has 2 N–H and O–H groups in total. The highest BCUT2D eigenvalue weighted by molar-refractivity contribution is 5.85. The van der Waals surface area contributed by atoms with Crippen LogP contribution in [0.2, 0.25) is 0 Å². The standard InChI is InChI=1S/C10H17N3O2/c14-9-7-13(6-5-12-9)10(15)3-4-11-8-1-2-8/h8,11H,1-7H2,(H,12,14). The highest BCUT2D eigenvalue weighted by atomic mass is 16.2. The molecule has 0 aromatic rings. The van der Waals surface area contributed by atoms with E-state index in [9.17, 15) is 9.59 Å². The van der Waals surface area contributed by atoms with E-state index in [0.29, 0.717) is 25.6 Å². The van der Waals surface area contributed by atoms with Crippen molar-refractivity contribution in [3.8, 4) is 0 Å². The molecule has 0 atom stereocenters. The summed E-state index contributed by atoms with van der Waals surface area (Å²) in [4.78, 5) is 24.3. The Bertz CT molecular complexity index is 263. The molecule has 1 saturated carbocycles. The second kappa shape index (κ2) is 4.61. The van der Waals surface area contributed by atoms with Crippen LogP contribution in [-0.4, -0.2) is 48.9 Å². The molecule has 0 unspecified atom stereocenters. The van der Waals surface area contributed by atoms with Crippen LogP contribution in [0.1, 0.15) is 19.3 Å². The molecule has 1 aliphatic heterocycles. The average molecular weight is 211 g/mol. The summed E-state index contributed by atoms with van der Waals surface area (Å²) in [6.07, 6.45) is 2.98. The Morgan fingerprint density at radius 2 is 2.33 bits per heavy atom. The number of amides is 2. The van der Waals surface area contributed by atoms with Crippen LogP contribution in [0.4, 0.5) is 0 Å². The summed E-state index contributed by atoms with van der Waals surface area (Å²) < 4.78 is 0. The van der Waals surface area contributed by atoms with Crippen LogP contribution in [0.15, 0.2) is 0 Å². The van der Waals surface area contributed by atoms with Crippen LogP contribution >= 0.6 is 0 Å². The van der Waals surface area contributed by atoms with Gasteiger partial charge in [0.25, 0.3) is 0 Å². The number of carbonyl (C=O) groups excluding carboxylic acids is 2. The van der Waals surface area contributed by atoms with Crippen molar-refractivity contribution >= 4 is 11.8 Å². The summed E-state index contributed by atoms with van der Waals surface area (Å²) in [5, 5.41) is 5.99. The summed E-state index contributed by atoms with van der Waals surface area (Å²) in [5.74, 6) is 0.0303. The molecule has 1 saturated heterocycles. The highest BCUT2D eigenvalue weighted by Crippen LogP contribution is 2.18. The summed E-state index contributed by atoms with van der Waals surface area (Å²) >= 11 is 0. The molecule has 1 aliphatic carbocycles. The smallest absolute Gasteiger partial charge is 0.239 e. The van der Waals surface area contributed by atoms with E-state index >= 15 is 0 Å². The first-order chi connectivity index (χ1) is 7.25. The molecule has 15 heavy (non-hydrogen) atoms. The number of hydrogen-bond acceptors (Lipinski definition) is 3. The number of carbonyl (C=O) groups is 2. The maximum absolute atomic E-state index is 11.7. The third-order valence-electron chi connectivity index (χ3n) is 2.74. The minimum Gasteiger partial charge on any atom is -0.353 e. The van der Waals surface area contributed by atoms with Gasteiger partial charge in [-0.25, -0.2) is 0 Å². The predicted molar refractivity (Wildman–Crippen MR) is 55.2 cm³/mol. The molecule has 0 bridgehead atoms. The molecule has 84 valence electrons. The maximum atomic E-state index is 11.7. The van der Waals surface area contributed by atoms with Crippen molar-refractivity contribution in [2.75, 3.05) is 26.2 Å². The zero-order valence-electron chi connectivity index (χ0n) is 8.79. The Kier molecular flexibility index (Phi) is 3.20. The fourth-order valence-corrected chi connectivity index (χ4v) is 1.68. The van der Waals surface area contributed by atoms with Gasteiger partial charge in [-0.1, -0.05) is 0 Å². The van der Waals surface area contributed by atoms with Crippen molar-refractivity contribution in [3.63, 3.8) is 0 Å². The van der Waals surface area contributed by atoms with Gasteiger partial charge in [0.1, 0.15) is 0 Å². The summed E-state index contributed by atoms with van der Waals surface area (Å²) in [5.41, 5.74) is 0. The number of nitrogens with one attached hydrogen (secondary N) is 2. The summed E-state index contributed by atoms with van der Waals surface area (Å²) in [6.45, 7) is 2.19. The highest BCUT2D eigenvalue weighted by Gasteiger charge is 2.23. The molecule has 1 heterocycles. The Hall–Kier alpha value is -1.10. The predicted octanol–water partition coefficient (Wildman–Crippen LogP) is -0.913. The second-order valence-electron chi connectivity index (χ2n) is 4.14. The monoisotopic (exact) mass is 211 g/mol. The number of rotatable bonds is 4. The van der Waals surface area contributed by atoms with Gasteiger partial charge in [-0.2, -0.15) is 0 Å². The van der Waals surface area contributed by atoms with Gasteiger partial charge < -0.3 is 15.5 Å². The van der Waals surface area contributed by atoms with Crippen LogP contribution in [0.5, 0.6) is 0 Å². The summed E-state index contributed by atoms with van der Waals surface area (Å²) in [7, 11) is 0. The van der Waals surface area contributed by atoms with E-state index in [0.717, 1.165) is 6.54 Å². The molecule has 2 aliphatic rings. The molecule has 0 aromatic heterocycles. The quantitative estimate of drug-likeness (QED) is 0.632. The molecule has 0 aromatic carbocycles. The van der Waals surface area contributed by atoms with E-state index in [4.69, 9.17) is 0 Å². The minimum atomic E-state index is -0.0512. The van der Waals surface area contributed by atoms with E-state index in [2.05, 4.69) is 10.6 Å². The van der Waals surface area contributed by atoms with Crippen LogP contribution in [0.25, 0.3) is 0 Å². The molecule has 0 spiro atoms. The molecular formula is C10H17N3O2. The Labute approximate surface area is 89.2 Å². The van der Waals surface area contributed by atoms with Gasteiger partial charge in [-0.05, 0) is 12.8 Å². The van der Waals surface area contributed by atoms with Crippen molar-refractivity contribution < 1.29 is 9.59 Å². The largest absolute Gasteiger partial charge is 0.353 e. The van der Waals surface area contributed by atoms with E-state index in [1.165, 1.54) is 12.8 Å². The topological polar surface area (TPSA) is 61.4 Å². The number of nitrogens with zero attached hydrogens (tertiary/aromatic N) is 1. The molecule has 5 nitrogen and oxygen atoms in total. The molecule has 2 fully saturated rings. The number of hydrogen-bond donors (Lipinski definition) is 2. The molecule has 5 heteroatoms. The van der Waals surface area contributed by atoms with E-state index in [-0.39, 0.29) is 18.4 Å². The second-order valence-corrected chi connectivity index (χ2v) is 4.14. The Morgan fingerprint density at radius 3 is 3.00 bits per heavy atom. The lowest BCUT2D eigenvalue weighted by atomic mass is 10.3. The number of piperazine rings is 1. The van der Waals surface area contributed by atoms with Crippen molar-refractivity contribution in [1.29, 1.82) is 0 Å². The van der Waals surface area contributed by atoms with Crippen LogP contribution in [-0.2, 0) is 9.59 Å². The van der Waals surface area contributed by atoms with Crippen LogP contribution in [0.3, 0.4) is 0 Å². The molecular weight excluding hydrogens is 194 g/mol. The normalized spacial score (nSPS) is 21.3. The SMILES string of the molecule is O=C1CN(C(=O)CCNC2CC2)CCN1. The van der Waals surface area contributed by atoms with E-state index in [1.807, 2.05) is 0 Å². The lowest BCUT2D eigenvalue weighted by Crippen LogP contribution is -2.50. The fraction of sp³-hybridized carbons (Fsp3) is 0.800. The first-order valence-corrected chi connectivity index (χ1v) is 5.53. The summed E-state index contributed by atoms with van der Waals surface area (Å²) in [6, 6.07) is 0.641. The van der Waals surface area contributed by atoms with Crippen LogP contribution in [0, 0.1) is 0 Å². The van der Waals surface area contributed by atoms with Gasteiger partial charge in [0.15, 0.2) is 0 Å².